The normalized spacial score (nSPS) is 13.1. The molecule has 1 aromatic heterocycles. The van der Waals surface area contributed by atoms with Crippen molar-refractivity contribution in [3.63, 3.8) is 0 Å². The first-order valence-electron chi connectivity index (χ1n) is 8.00. The lowest BCUT2D eigenvalue weighted by Crippen LogP contribution is -2.27. The number of amides is 1. The van der Waals surface area contributed by atoms with Crippen molar-refractivity contribution in [1.29, 1.82) is 0 Å². The van der Waals surface area contributed by atoms with Crippen molar-refractivity contribution in [1.82, 2.24) is 4.57 Å². The van der Waals surface area contributed by atoms with Gasteiger partial charge in [-0.05, 0) is 36.8 Å². The Kier molecular flexibility index (Phi) is 5.83. The van der Waals surface area contributed by atoms with E-state index >= 15 is 0 Å². The molecular formula is C18H12Cl2F2N2O3S. The fourth-order valence-corrected chi connectivity index (χ4v) is 4.35. The molecule has 146 valence electrons. The number of carbonyl (C=O) groups excluding carboxylic acids is 1. The van der Waals surface area contributed by atoms with Gasteiger partial charge in [0.1, 0.15) is 6.04 Å². The summed E-state index contributed by atoms with van der Waals surface area (Å²) in [5, 5.41) is 9.98. The van der Waals surface area contributed by atoms with Crippen molar-refractivity contribution in [2.75, 3.05) is 0 Å². The van der Waals surface area contributed by atoms with Crippen molar-refractivity contribution in [3.05, 3.63) is 62.4 Å². The first-order chi connectivity index (χ1) is 13.2. The smallest absolute Gasteiger partial charge is 0.326 e. The maximum atomic E-state index is 14.2. The first kappa shape index (κ1) is 20.4. The van der Waals surface area contributed by atoms with Crippen LogP contribution >= 0.6 is 34.5 Å². The predicted octanol–water partition coefficient (Wildman–Crippen LogP) is 5.06. The van der Waals surface area contributed by atoms with Crippen LogP contribution in [0.15, 0.2) is 35.3 Å². The van der Waals surface area contributed by atoms with Gasteiger partial charge in [0, 0.05) is 15.6 Å². The number of rotatable bonds is 4. The third-order valence-electron chi connectivity index (χ3n) is 3.98. The van der Waals surface area contributed by atoms with Gasteiger partial charge >= 0.3 is 5.97 Å². The van der Waals surface area contributed by atoms with E-state index < -0.39 is 29.6 Å². The van der Waals surface area contributed by atoms with Gasteiger partial charge in [0.2, 0.25) is 0 Å². The van der Waals surface area contributed by atoms with E-state index in [9.17, 15) is 23.5 Å². The summed E-state index contributed by atoms with van der Waals surface area (Å²) in [4.78, 5) is 28.1. The van der Waals surface area contributed by atoms with Crippen molar-refractivity contribution in [2.24, 2.45) is 4.99 Å². The second kappa shape index (κ2) is 7.98. The van der Waals surface area contributed by atoms with Crippen LogP contribution in [0.3, 0.4) is 0 Å². The van der Waals surface area contributed by atoms with Gasteiger partial charge in [-0.1, -0.05) is 41.5 Å². The second-order valence-electron chi connectivity index (χ2n) is 5.80. The maximum Gasteiger partial charge on any atom is 0.326 e. The molecular weight excluding hydrogens is 433 g/mol. The van der Waals surface area contributed by atoms with Crippen molar-refractivity contribution in [3.8, 4) is 0 Å². The van der Waals surface area contributed by atoms with Gasteiger partial charge in [0.25, 0.3) is 5.91 Å². The standard InChI is InChI=1S/C18H12Cl2F2N2O3S/c1-2-12(17(26)27)24-13-4-3-11(21)14(22)15(13)28-18(24)23-16(25)8-5-9(19)7-10(20)6-8/h3-7,12H,2H2,1H3,(H,26,27)/b23-18-. The van der Waals surface area contributed by atoms with E-state index in [0.717, 1.165) is 6.07 Å². The summed E-state index contributed by atoms with van der Waals surface area (Å²) in [5.41, 5.74) is 0.213. The van der Waals surface area contributed by atoms with Crippen molar-refractivity contribution in [2.45, 2.75) is 19.4 Å². The molecule has 0 bridgehead atoms. The van der Waals surface area contributed by atoms with Gasteiger partial charge in [-0.25, -0.2) is 13.6 Å². The zero-order valence-electron chi connectivity index (χ0n) is 14.2. The zero-order chi connectivity index (χ0) is 20.6. The third kappa shape index (κ3) is 3.80. The Bertz CT molecular complexity index is 1150. The molecule has 0 aliphatic rings. The number of halogens is 4. The van der Waals surface area contributed by atoms with Crippen LogP contribution < -0.4 is 4.80 Å². The Morgan fingerprint density at radius 1 is 1.21 bits per heavy atom. The van der Waals surface area contributed by atoms with E-state index in [1.54, 1.807) is 6.92 Å². The lowest BCUT2D eigenvalue weighted by molar-refractivity contribution is -0.140. The molecule has 1 amide bonds. The molecule has 3 rings (SSSR count). The summed E-state index contributed by atoms with van der Waals surface area (Å²) >= 11 is 12.5. The summed E-state index contributed by atoms with van der Waals surface area (Å²) < 4.78 is 29.0. The highest BCUT2D eigenvalue weighted by Gasteiger charge is 2.24. The van der Waals surface area contributed by atoms with E-state index in [0.29, 0.717) is 11.3 Å². The minimum Gasteiger partial charge on any atom is -0.480 e. The number of carboxylic acid groups (broad SMARTS) is 1. The lowest BCUT2D eigenvalue weighted by Gasteiger charge is -2.13. The average Bonchev–Trinajstić information content (AvgIpc) is 2.96. The van der Waals surface area contributed by atoms with Gasteiger partial charge < -0.3 is 9.67 Å². The van der Waals surface area contributed by atoms with Gasteiger partial charge in [-0.15, -0.1) is 0 Å². The fourth-order valence-electron chi connectivity index (χ4n) is 2.73. The monoisotopic (exact) mass is 444 g/mol. The molecule has 0 saturated carbocycles. The topological polar surface area (TPSA) is 71.7 Å². The highest BCUT2D eigenvalue weighted by molar-refractivity contribution is 7.16. The van der Waals surface area contributed by atoms with Crippen LogP contribution in [0.2, 0.25) is 10.0 Å². The first-order valence-corrected chi connectivity index (χ1v) is 9.57. The minimum atomic E-state index is -1.19. The third-order valence-corrected chi connectivity index (χ3v) is 5.48. The largest absolute Gasteiger partial charge is 0.480 e. The van der Waals surface area contributed by atoms with Gasteiger partial charge in [0.15, 0.2) is 16.4 Å². The summed E-state index contributed by atoms with van der Waals surface area (Å²) in [6, 6.07) is 5.19. The molecule has 0 aliphatic carbocycles. The molecule has 0 radical (unpaired) electrons. The zero-order valence-corrected chi connectivity index (χ0v) is 16.6. The Balaban J connectivity index is 2.29. The summed E-state index contributed by atoms with van der Waals surface area (Å²) in [5.74, 6) is -4.14. The molecule has 1 unspecified atom stereocenters. The maximum absolute atomic E-state index is 14.2. The summed E-state index contributed by atoms with van der Waals surface area (Å²) in [6.45, 7) is 1.62. The quantitative estimate of drug-likeness (QED) is 0.610. The van der Waals surface area contributed by atoms with Crippen molar-refractivity contribution < 1.29 is 23.5 Å². The molecule has 1 N–H and O–H groups in total. The molecule has 10 heteroatoms. The Hall–Kier alpha value is -2.29. The molecule has 1 heterocycles. The Morgan fingerprint density at radius 3 is 2.43 bits per heavy atom. The predicted molar refractivity (Wildman–Crippen MR) is 103 cm³/mol. The summed E-state index contributed by atoms with van der Waals surface area (Å²) in [7, 11) is 0. The molecule has 3 aromatic rings. The van der Waals surface area contributed by atoms with E-state index in [-0.39, 0.29) is 37.0 Å². The number of aromatic nitrogens is 1. The number of hydrogen-bond donors (Lipinski definition) is 1. The molecule has 1 atom stereocenters. The van der Waals surface area contributed by atoms with Gasteiger partial charge in [-0.3, -0.25) is 4.79 Å². The molecule has 2 aromatic carbocycles. The number of fused-ring (bicyclic) bond motifs is 1. The molecule has 5 nitrogen and oxygen atoms in total. The number of thiazole rings is 1. The number of benzene rings is 2. The van der Waals surface area contributed by atoms with Gasteiger partial charge in [-0.2, -0.15) is 4.99 Å². The highest BCUT2D eigenvalue weighted by Crippen LogP contribution is 2.27. The van der Waals surface area contributed by atoms with Crippen LogP contribution in [0, 0.1) is 11.6 Å². The van der Waals surface area contributed by atoms with E-state index in [2.05, 4.69) is 4.99 Å². The highest BCUT2D eigenvalue weighted by atomic mass is 35.5. The molecule has 0 spiro atoms. The van der Waals surface area contributed by atoms with Crippen molar-refractivity contribution >= 4 is 56.6 Å². The van der Waals surface area contributed by atoms with E-state index in [1.807, 2.05) is 0 Å². The van der Waals surface area contributed by atoms with Crippen LogP contribution in [0.25, 0.3) is 10.2 Å². The van der Waals surface area contributed by atoms with Crippen LogP contribution in [-0.2, 0) is 4.79 Å². The fraction of sp³-hybridized carbons (Fsp3) is 0.167. The average molecular weight is 445 g/mol. The van der Waals surface area contributed by atoms with Crippen LogP contribution in [0.5, 0.6) is 0 Å². The number of carboxylic acids is 1. The molecule has 0 fully saturated rings. The second-order valence-corrected chi connectivity index (χ2v) is 7.65. The van der Waals surface area contributed by atoms with E-state index in [4.69, 9.17) is 23.2 Å². The van der Waals surface area contributed by atoms with Gasteiger partial charge in [0.05, 0.1) is 10.2 Å². The number of nitrogens with zero attached hydrogens (tertiary/aromatic N) is 2. The molecule has 0 aliphatic heterocycles. The number of carbonyl (C=O) groups is 2. The lowest BCUT2D eigenvalue weighted by atomic mass is 10.2. The minimum absolute atomic E-state index is 0.0742. The van der Waals surface area contributed by atoms with Crippen LogP contribution in [0.4, 0.5) is 8.78 Å². The SMILES string of the molecule is CCC(C(=O)O)n1/c(=N/C(=O)c2cc(Cl)cc(Cl)c2)sc2c(F)c(F)ccc21. The molecule has 0 saturated heterocycles. The van der Waals surface area contributed by atoms with E-state index in [1.165, 1.54) is 28.8 Å². The summed E-state index contributed by atoms with van der Waals surface area (Å²) in [6.07, 6.45) is 0.143. The van der Waals surface area contributed by atoms with Crippen LogP contribution in [-0.4, -0.2) is 21.6 Å². The van der Waals surface area contributed by atoms with Crippen LogP contribution in [0.1, 0.15) is 29.7 Å². The number of hydrogen-bond acceptors (Lipinski definition) is 3. The number of aliphatic carboxylic acids is 1. The molecule has 28 heavy (non-hydrogen) atoms. The Labute approximate surface area is 171 Å². The Morgan fingerprint density at radius 2 is 1.86 bits per heavy atom.